The summed E-state index contributed by atoms with van der Waals surface area (Å²) in [5.74, 6) is -0.681. The highest BCUT2D eigenvalue weighted by Gasteiger charge is 2.39. The molecule has 2 aromatic rings. The molecule has 2 fully saturated rings. The Morgan fingerprint density at radius 3 is 2.66 bits per heavy atom. The number of amides is 3. The van der Waals surface area contributed by atoms with Crippen molar-refractivity contribution in [3.05, 3.63) is 41.6 Å². The zero-order valence-electron chi connectivity index (χ0n) is 18.6. The topological polar surface area (TPSA) is 106 Å². The normalized spacial score (nSPS) is 20.7. The first kappa shape index (κ1) is 22.2. The molecule has 4 rings (SSSR count). The molecule has 8 nitrogen and oxygen atoms in total. The van der Waals surface area contributed by atoms with Gasteiger partial charge in [0.2, 0.25) is 11.8 Å². The van der Waals surface area contributed by atoms with Crippen LogP contribution < -0.4 is 5.73 Å². The van der Waals surface area contributed by atoms with Gasteiger partial charge < -0.3 is 20.3 Å². The van der Waals surface area contributed by atoms with Crippen molar-refractivity contribution in [3.8, 4) is 0 Å². The standard InChI is InChI=1S/C24H30N4O4/c1-15(14-32-2)28-13-18(12-21(28)29)24(31)27-9-7-16(8-10-27)22-19(23(25)30)11-17-5-3-4-6-20(17)26-22/h3-6,11,15-16,18H,7-10,12-14H2,1-2H3,(H2,25,30). The van der Waals surface area contributed by atoms with Gasteiger partial charge in [0.15, 0.2) is 0 Å². The second kappa shape index (κ2) is 9.24. The summed E-state index contributed by atoms with van der Waals surface area (Å²) >= 11 is 0. The molecule has 2 atom stereocenters. The molecule has 2 unspecified atom stereocenters. The van der Waals surface area contributed by atoms with Gasteiger partial charge in [-0.3, -0.25) is 19.4 Å². The van der Waals surface area contributed by atoms with E-state index in [0.29, 0.717) is 44.6 Å². The first-order chi connectivity index (χ1) is 15.4. The number of nitrogens with zero attached hydrogens (tertiary/aromatic N) is 3. The molecule has 2 saturated heterocycles. The summed E-state index contributed by atoms with van der Waals surface area (Å²) in [6.45, 7) is 3.99. The predicted molar refractivity (Wildman–Crippen MR) is 120 cm³/mol. The molecular formula is C24H30N4O4. The van der Waals surface area contributed by atoms with E-state index in [4.69, 9.17) is 15.5 Å². The summed E-state index contributed by atoms with van der Waals surface area (Å²) in [6, 6.07) is 9.45. The van der Waals surface area contributed by atoms with Gasteiger partial charge in [0.25, 0.3) is 5.91 Å². The van der Waals surface area contributed by atoms with Crippen LogP contribution in [0.15, 0.2) is 30.3 Å². The van der Waals surface area contributed by atoms with Gasteiger partial charge in [0.1, 0.15) is 0 Å². The molecule has 1 aromatic carbocycles. The number of rotatable bonds is 6. The number of pyridine rings is 1. The van der Waals surface area contributed by atoms with Crippen molar-refractivity contribution in [3.63, 3.8) is 0 Å². The lowest BCUT2D eigenvalue weighted by atomic mass is 9.89. The van der Waals surface area contributed by atoms with Gasteiger partial charge >= 0.3 is 0 Å². The Labute approximate surface area is 187 Å². The molecule has 2 N–H and O–H groups in total. The molecule has 2 aliphatic heterocycles. The lowest BCUT2D eigenvalue weighted by Crippen LogP contribution is -2.43. The fourth-order valence-electron chi connectivity index (χ4n) is 4.93. The predicted octanol–water partition coefficient (Wildman–Crippen LogP) is 1.92. The van der Waals surface area contributed by atoms with Gasteiger partial charge in [-0.15, -0.1) is 0 Å². The highest BCUT2D eigenvalue weighted by molar-refractivity contribution is 5.98. The van der Waals surface area contributed by atoms with Crippen LogP contribution >= 0.6 is 0 Å². The molecule has 0 aliphatic carbocycles. The fraction of sp³-hybridized carbons (Fsp3) is 0.500. The van der Waals surface area contributed by atoms with Crippen LogP contribution in [-0.4, -0.2) is 71.9 Å². The van der Waals surface area contributed by atoms with Crippen molar-refractivity contribution in [2.45, 2.75) is 38.1 Å². The molecule has 0 bridgehead atoms. The summed E-state index contributed by atoms with van der Waals surface area (Å²) in [5.41, 5.74) is 7.66. The molecule has 170 valence electrons. The number of benzene rings is 1. The van der Waals surface area contributed by atoms with Gasteiger partial charge in [-0.1, -0.05) is 18.2 Å². The van der Waals surface area contributed by atoms with Crippen LogP contribution in [0.1, 0.15) is 48.2 Å². The minimum absolute atomic E-state index is 0.00856. The largest absolute Gasteiger partial charge is 0.383 e. The Kier molecular flexibility index (Phi) is 6.41. The second-order valence-electron chi connectivity index (χ2n) is 8.83. The Balaban J connectivity index is 1.43. The molecule has 3 heterocycles. The Bertz CT molecular complexity index is 1030. The fourth-order valence-corrected chi connectivity index (χ4v) is 4.93. The van der Waals surface area contributed by atoms with Crippen LogP contribution in [0.5, 0.6) is 0 Å². The van der Waals surface area contributed by atoms with Crippen LogP contribution in [0.3, 0.4) is 0 Å². The van der Waals surface area contributed by atoms with Crippen molar-refractivity contribution < 1.29 is 19.1 Å². The number of aromatic nitrogens is 1. The number of nitrogens with two attached hydrogens (primary N) is 1. The van der Waals surface area contributed by atoms with E-state index in [9.17, 15) is 14.4 Å². The lowest BCUT2D eigenvalue weighted by Gasteiger charge is -2.34. The van der Waals surface area contributed by atoms with Crippen LogP contribution in [0, 0.1) is 5.92 Å². The molecule has 3 amide bonds. The third-order valence-electron chi connectivity index (χ3n) is 6.66. The van der Waals surface area contributed by atoms with E-state index in [-0.39, 0.29) is 36.1 Å². The van der Waals surface area contributed by atoms with Crippen molar-refractivity contribution in [1.29, 1.82) is 0 Å². The number of primary amides is 1. The molecule has 8 heteroatoms. The Hall–Kier alpha value is -3.00. The van der Waals surface area contributed by atoms with Crippen molar-refractivity contribution in [2.75, 3.05) is 33.4 Å². The van der Waals surface area contributed by atoms with Gasteiger partial charge in [0, 0.05) is 44.5 Å². The van der Waals surface area contributed by atoms with Crippen molar-refractivity contribution in [2.24, 2.45) is 11.7 Å². The number of piperidine rings is 1. The maximum absolute atomic E-state index is 13.1. The van der Waals surface area contributed by atoms with Crippen LogP contribution in [0.4, 0.5) is 0 Å². The van der Waals surface area contributed by atoms with Crippen LogP contribution in [0.2, 0.25) is 0 Å². The van der Waals surface area contributed by atoms with E-state index in [2.05, 4.69) is 0 Å². The maximum Gasteiger partial charge on any atom is 0.250 e. The number of likely N-dealkylation sites (tertiary alicyclic amines) is 2. The highest BCUT2D eigenvalue weighted by atomic mass is 16.5. The molecular weight excluding hydrogens is 408 g/mol. The van der Waals surface area contributed by atoms with E-state index in [1.165, 1.54) is 0 Å². The first-order valence-electron chi connectivity index (χ1n) is 11.2. The minimum atomic E-state index is -0.480. The average molecular weight is 439 g/mol. The lowest BCUT2D eigenvalue weighted by molar-refractivity contribution is -0.136. The van der Waals surface area contributed by atoms with Crippen molar-refractivity contribution in [1.82, 2.24) is 14.8 Å². The minimum Gasteiger partial charge on any atom is -0.383 e. The zero-order valence-corrected chi connectivity index (χ0v) is 18.6. The quantitative estimate of drug-likeness (QED) is 0.742. The highest BCUT2D eigenvalue weighted by Crippen LogP contribution is 2.32. The number of ether oxygens (including phenoxy) is 1. The smallest absolute Gasteiger partial charge is 0.250 e. The number of carbonyl (C=O) groups is 3. The third-order valence-corrected chi connectivity index (χ3v) is 6.66. The number of methoxy groups -OCH3 is 1. The summed E-state index contributed by atoms with van der Waals surface area (Å²) in [4.78, 5) is 45.9. The number of carbonyl (C=O) groups excluding carboxylic acids is 3. The molecule has 32 heavy (non-hydrogen) atoms. The molecule has 2 aliphatic rings. The zero-order chi connectivity index (χ0) is 22.8. The number of hydrogen-bond acceptors (Lipinski definition) is 5. The maximum atomic E-state index is 13.1. The molecule has 0 saturated carbocycles. The summed E-state index contributed by atoms with van der Waals surface area (Å²) < 4.78 is 5.16. The van der Waals surface area contributed by atoms with E-state index in [0.717, 1.165) is 16.6 Å². The Morgan fingerprint density at radius 1 is 1.25 bits per heavy atom. The third kappa shape index (κ3) is 4.32. The SMILES string of the molecule is COCC(C)N1CC(C(=O)N2CCC(c3nc4ccccc4cc3C(N)=O)CC2)CC1=O. The monoisotopic (exact) mass is 438 g/mol. The summed E-state index contributed by atoms with van der Waals surface area (Å²) in [6.07, 6.45) is 1.68. The number of para-hydroxylation sites is 1. The summed E-state index contributed by atoms with van der Waals surface area (Å²) in [7, 11) is 1.61. The van der Waals surface area contributed by atoms with Gasteiger partial charge in [0.05, 0.1) is 35.3 Å². The van der Waals surface area contributed by atoms with E-state index < -0.39 is 5.91 Å². The van der Waals surface area contributed by atoms with Crippen LogP contribution in [0.25, 0.3) is 10.9 Å². The van der Waals surface area contributed by atoms with E-state index in [1.807, 2.05) is 42.2 Å². The number of hydrogen-bond donors (Lipinski definition) is 1. The first-order valence-corrected chi connectivity index (χ1v) is 11.2. The summed E-state index contributed by atoms with van der Waals surface area (Å²) in [5, 5.41) is 0.885. The van der Waals surface area contributed by atoms with E-state index >= 15 is 0 Å². The molecule has 0 radical (unpaired) electrons. The Morgan fingerprint density at radius 2 is 1.97 bits per heavy atom. The second-order valence-corrected chi connectivity index (χ2v) is 8.83. The van der Waals surface area contributed by atoms with Gasteiger partial charge in [-0.2, -0.15) is 0 Å². The van der Waals surface area contributed by atoms with Crippen molar-refractivity contribution >= 4 is 28.6 Å². The molecule has 0 spiro atoms. The average Bonchev–Trinajstić information content (AvgIpc) is 3.19. The molecule has 1 aromatic heterocycles. The van der Waals surface area contributed by atoms with Crippen LogP contribution in [-0.2, 0) is 14.3 Å². The van der Waals surface area contributed by atoms with E-state index in [1.54, 1.807) is 12.0 Å². The van der Waals surface area contributed by atoms with Gasteiger partial charge in [-0.25, -0.2) is 0 Å². The number of fused-ring (bicyclic) bond motifs is 1. The van der Waals surface area contributed by atoms with Gasteiger partial charge in [-0.05, 0) is 31.9 Å².